The molecular weight excluding hydrogens is 246 g/mol. The molecule has 0 atom stereocenters. The van der Waals surface area contributed by atoms with Gasteiger partial charge in [0.15, 0.2) is 0 Å². The maximum absolute atomic E-state index is 12.8. The summed E-state index contributed by atoms with van der Waals surface area (Å²) >= 11 is 3.45. The van der Waals surface area contributed by atoms with Crippen molar-refractivity contribution in [2.24, 2.45) is 0 Å². The van der Waals surface area contributed by atoms with E-state index < -0.39 is 11.6 Å². The highest BCUT2D eigenvalue weighted by molar-refractivity contribution is 7.99. The second-order valence-electron chi connectivity index (χ2n) is 3.36. The highest BCUT2D eigenvalue weighted by Gasteiger charge is 2.00. The van der Waals surface area contributed by atoms with Crippen molar-refractivity contribution in [2.45, 2.75) is 24.7 Å². The summed E-state index contributed by atoms with van der Waals surface area (Å²) in [4.78, 5) is 0.681. The minimum atomic E-state index is -0.496. The van der Waals surface area contributed by atoms with Crippen LogP contribution in [0.3, 0.4) is 0 Å². The van der Waals surface area contributed by atoms with E-state index in [0.717, 1.165) is 24.0 Å². The van der Waals surface area contributed by atoms with Crippen molar-refractivity contribution in [2.75, 3.05) is 17.3 Å². The zero-order chi connectivity index (χ0) is 11.8. The van der Waals surface area contributed by atoms with Crippen LogP contribution in [0.15, 0.2) is 23.1 Å². The van der Waals surface area contributed by atoms with Crippen LogP contribution in [0.1, 0.15) is 19.8 Å². The van der Waals surface area contributed by atoms with E-state index in [1.165, 1.54) is 36.1 Å². The van der Waals surface area contributed by atoms with E-state index >= 15 is 0 Å². The molecule has 0 unspecified atom stereocenters. The van der Waals surface area contributed by atoms with E-state index in [1.54, 1.807) is 0 Å². The van der Waals surface area contributed by atoms with Gasteiger partial charge in [-0.3, -0.25) is 0 Å². The smallest absolute Gasteiger partial charge is 0.127 e. The number of thioether (sulfide) groups is 2. The average Bonchev–Trinajstić information content (AvgIpc) is 2.22. The van der Waals surface area contributed by atoms with Crippen LogP contribution in [-0.4, -0.2) is 17.3 Å². The van der Waals surface area contributed by atoms with E-state index in [-0.39, 0.29) is 0 Å². The van der Waals surface area contributed by atoms with Gasteiger partial charge in [-0.05, 0) is 42.2 Å². The number of benzene rings is 1. The molecule has 0 N–H and O–H groups in total. The maximum Gasteiger partial charge on any atom is 0.127 e. The third kappa shape index (κ3) is 5.75. The molecule has 1 aromatic rings. The minimum absolute atomic E-state index is 0.496. The van der Waals surface area contributed by atoms with Gasteiger partial charge in [0.05, 0.1) is 0 Å². The van der Waals surface area contributed by atoms with E-state index in [4.69, 9.17) is 0 Å². The molecule has 0 bridgehead atoms. The van der Waals surface area contributed by atoms with Gasteiger partial charge < -0.3 is 0 Å². The first kappa shape index (κ1) is 13.8. The van der Waals surface area contributed by atoms with Gasteiger partial charge in [-0.1, -0.05) is 6.92 Å². The highest BCUT2D eigenvalue weighted by atomic mass is 32.2. The first-order valence-electron chi connectivity index (χ1n) is 5.39. The first-order valence-corrected chi connectivity index (χ1v) is 7.53. The van der Waals surface area contributed by atoms with Crippen molar-refractivity contribution in [3.05, 3.63) is 29.8 Å². The summed E-state index contributed by atoms with van der Waals surface area (Å²) in [6.07, 6.45) is 2.26. The van der Waals surface area contributed by atoms with Crippen LogP contribution >= 0.6 is 23.5 Å². The fraction of sp³-hybridized carbons (Fsp3) is 0.500. The van der Waals surface area contributed by atoms with Crippen LogP contribution in [0.4, 0.5) is 8.78 Å². The minimum Gasteiger partial charge on any atom is -0.207 e. The third-order valence-electron chi connectivity index (χ3n) is 1.99. The lowest BCUT2D eigenvalue weighted by molar-refractivity contribution is 0.577. The molecule has 0 heterocycles. The standard InChI is InChI=1S/C12H16F2S2/c1-2-15-5-3-4-6-16-12-8-10(13)7-11(14)9-12/h7-9H,2-6H2,1H3. The lowest BCUT2D eigenvalue weighted by Gasteiger charge is -2.02. The Morgan fingerprint density at radius 3 is 2.25 bits per heavy atom. The summed E-state index contributed by atoms with van der Waals surface area (Å²) < 4.78 is 25.7. The summed E-state index contributed by atoms with van der Waals surface area (Å²) in [5.74, 6) is 2.26. The highest BCUT2D eigenvalue weighted by Crippen LogP contribution is 2.21. The number of rotatable bonds is 7. The van der Waals surface area contributed by atoms with Gasteiger partial charge in [0, 0.05) is 11.0 Å². The molecule has 0 nitrogen and oxygen atoms in total. The Morgan fingerprint density at radius 1 is 1.00 bits per heavy atom. The SMILES string of the molecule is CCSCCCCSc1cc(F)cc(F)c1. The van der Waals surface area contributed by atoms with E-state index in [0.29, 0.717) is 4.90 Å². The normalized spacial score (nSPS) is 10.7. The second-order valence-corrected chi connectivity index (χ2v) is 5.92. The van der Waals surface area contributed by atoms with Gasteiger partial charge in [-0.15, -0.1) is 11.8 Å². The zero-order valence-electron chi connectivity index (χ0n) is 9.34. The topological polar surface area (TPSA) is 0 Å². The summed E-state index contributed by atoms with van der Waals surface area (Å²) in [6.45, 7) is 2.15. The molecule has 0 aliphatic carbocycles. The van der Waals surface area contributed by atoms with Gasteiger partial charge in [0.1, 0.15) is 11.6 Å². The monoisotopic (exact) mass is 262 g/mol. The molecule has 0 amide bonds. The van der Waals surface area contributed by atoms with Crippen LogP contribution in [0.25, 0.3) is 0 Å². The van der Waals surface area contributed by atoms with Gasteiger partial charge in [0.2, 0.25) is 0 Å². The van der Waals surface area contributed by atoms with Crippen LogP contribution in [-0.2, 0) is 0 Å². The van der Waals surface area contributed by atoms with Gasteiger partial charge >= 0.3 is 0 Å². The van der Waals surface area contributed by atoms with Crippen LogP contribution in [0, 0.1) is 11.6 Å². The molecule has 4 heteroatoms. The summed E-state index contributed by atoms with van der Waals surface area (Å²) in [7, 11) is 0. The van der Waals surface area contributed by atoms with E-state index in [9.17, 15) is 8.78 Å². The Kier molecular flexibility index (Phi) is 6.88. The molecule has 0 spiro atoms. The van der Waals surface area contributed by atoms with Crippen LogP contribution in [0.5, 0.6) is 0 Å². The number of unbranched alkanes of at least 4 members (excludes halogenated alkanes) is 1. The molecule has 0 aromatic heterocycles. The van der Waals surface area contributed by atoms with Crippen molar-refractivity contribution in [3.8, 4) is 0 Å². The molecule has 0 saturated heterocycles. The Hall–Kier alpha value is -0.220. The molecular formula is C12H16F2S2. The summed E-state index contributed by atoms with van der Waals surface area (Å²) in [6, 6.07) is 3.67. The van der Waals surface area contributed by atoms with Gasteiger partial charge in [0.25, 0.3) is 0 Å². The second kappa shape index (κ2) is 7.96. The molecule has 1 rings (SSSR count). The van der Waals surface area contributed by atoms with Crippen LogP contribution in [0.2, 0.25) is 0 Å². The molecule has 1 aromatic carbocycles. The molecule has 0 radical (unpaired) electrons. The third-order valence-corrected chi connectivity index (χ3v) is 4.04. The predicted octanol–water partition coefficient (Wildman–Crippen LogP) is 4.59. The van der Waals surface area contributed by atoms with Crippen molar-refractivity contribution in [3.63, 3.8) is 0 Å². The molecule has 16 heavy (non-hydrogen) atoms. The Morgan fingerprint density at radius 2 is 1.62 bits per heavy atom. The fourth-order valence-corrected chi connectivity index (χ4v) is 2.93. The number of halogens is 2. The average molecular weight is 262 g/mol. The van der Waals surface area contributed by atoms with Crippen molar-refractivity contribution < 1.29 is 8.78 Å². The molecule has 0 aliphatic rings. The molecule has 0 saturated carbocycles. The van der Waals surface area contributed by atoms with Crippen molar-refractivity contribution in [1.29, 1.82) is 0 Å². The van der Waals surface area contributed by atoms with Gasteiger partial charge in [-0.25, -0.2) is 8.78 Å². The Labute approximate surface area is 104 Å². The summed E-state index contributed by atoms with van der Waals surface area (Å²) in [5, 5.41) is 0. The first-order chi connectivity index (χ1) is 7.72. The fourth-order valence-electron chi connectivity index (χ4n) is 1.25. The largest absolute Gasteiger partial charge is 0.207 e. The molecule has 0 fully saturated rings. The van der Waals surface area contributed by atoms with Crippen molar-refractivity contribution >= 4 is 23.5 Å². The van der Waals surface area contributed by atoms with Gasteiger partial charge in [-0.2, -0.15) is 11.8 Å². The van der Waals surface area contributed by atoms with E-state index in [2.05, 4.69) is 6.92 Å². The Bertz CT molecular complexity index is 296. The maximum atomic E-state index is 12.8. The lowest BCUT2D eigenvalue weighted by Crippen LogP contribution is -1.86. The number of hydrogen-bond acceptors (Lipinski definition) is 2. The zero-order valence-corrected chi connectivity index (χ0v) is 11.0. The van der Waals surface area contributed by atoms with Crippen molar-refractivity contribution in [1.82, 2.24) is 0 Å². The predicted molar refractivity (Wildman–Crippen MR) is 69.3 cm³/mol. The number of hydrogen-bond donors (Lipinski definition) is 0. The Balaban J connectivity index is 2.21. The van der Waals surface area contributed by atoms with Crippen LogP contribution < -0.4 is 0 Å². The summed E-state index contributed by atoms with van der Waals surface area (Å²) in [5.41, 5.74) is 0. The van der Waals surface area contributed by atoms with E-state index in [1.807, 2.05) is 11.8 Å². The molecule has 90 valence electrons. The quantitative estimate of drug-likeness (QED) is 0.520. The molecule has 0 aliphatic heterocycles. The lowest BCUT2D eigenvalue weighted by atomic mass is 10.3.